The predicted molar refractivity (Wildman–Crippen MR) is 107 cm³/mol. The number of carbonyl (C=O) groups is 1. The molecule has 0 aromatic carbocycles. The number of thiophene rings is 1. The van der Waals surface area contributed by atoms with Gasteiger partial charge in [-0.2, -0.15) is 0 Å². The number of aromatic nitrogens is 2. The van der Waals surface area contributed by atoms with Crippen LogP contribution in [0.4, 0.5) is 0 Å². The lowest BCUT2D eigenvalue weighted by Crippen LogP contribution is -2.51. The second-order valence-electron chi connectivity index (χ2n) is 7.53. The standard InChI is InChI=1S/C21H22N4O2S/c26-20(25-11-9-24(10-12-25)15-16-4-1-2-8-22-16)21(6-7-21)19-14-17(27-23-19)18-5-3-13-28-18/h1-5,8,13-14H,6-7,9-12,15H2. The van der Waals surface area contributed by atoms with Crippen molar-refractivity contribution in [3.63, 3.8) is 0 Å². The van der Waals surface area contributed by atoms with Gasteiger partial charge < -0.3 is 9.42 Å². The van der Waals surface area contributed by atoms with Crippen molar-refractivity contribution in [3.8, 4) is 10.6 Å². The molecule has 6 nitrogen and oxygen atoms in total. The molecule has 2 fully saturated rings. The fourth-order valence-corrected chi connectivity index (χ4v) is 4.55. The summed E-state index contributed by atoms with van der Waals surface area (Å²) in [5.41, 5.74) is 1.39. The average Bonchev–Trinajstić information content (AvgIpc) is 3.14. The highest BCUT2D eigenvalue weighted by Gasteiger charge is 2.55. The van der Waals surface area contributed by atoms with E-state index in [1.54, 1.807) is 11.3 Å². The second kappa shape index (κ2) is 7.14. The summed E-state index contributed by atoms with van der Waals surface area (Å²) in [7, 11) is 0. The fourth-order valence-electron chi connectivity index (χ4n) is 3.87. The van der Waals surface area contributed by atoms with Gasteiger partial charge in [0.25, 0.3) is 0 Å². The molecular formula is C21H22N4O2S. The Balaban J connectivity index is 1.23. The Labute approximate surface area is 167 Å². The van der Waals surface area contributed by atoms with Gasteiger partial charge in [-0.1, -0.05) is 17.3 Å². The van der Waals surface area contributed by atoms with Crippen LogP contribution >= 0.6 is 11.3 Å². The van der Waals surface area contributed by atoms with Gasteiger partial charge in [-0.05, 0) is 36.4 Å². The van der Waals surface area contributed by atoms with Gasteiger partial charge in [0.2, 0.25) is 5.91 Å². The van der Waals surface area contributed by atoms with E-state index < -0.39 is 5.41 Å². The molecule has 3 aromatic rings. The van der Waals surface area contributed by atoms with Crippen molar-refractivity contribution in [1.29, 1.82) is 0 Å². The number of hydrogen-bond acceptors (Lipinski definition) is 6. The average molecular weight is 395 g/mol. The van der Waals surface area contributed by atoms with Crippen LogP contribution in [-0.2, 0) is 16.8 Å². The molecule has 4 heterocycles. The van der Waals surface area contributed by atoms with Gasteiger partial charge in [0, 0.05) is 45.0 Å². The number of rotatable bonds is 5. The maximum absolute atomic E-state index is 13.3. The van der Waals surface area contributed by atoms with Crippen LogP contribution in [-0.4, -0.2) is 52.0 Å². The van der Waals surface area contributed by atoms with E-state index in [4.69, 9.17) is 4.52 Å². The molecule has 1 saturated heterocycles. The first-order valence-electron chi connectivity index (χ1n) is 9.67. The maximum atomic E-state index is 13.3. The number of hydrogen-bond donors (Lipinski definition) is 0. The smallest absolute Gasteiger partial charge is 0.235 e. The minimum absolute atomic E-state index is 0.205. The van der Waals surface area contributed by atoms with Crippen LogP contribution in [0.1, 0.15) is 24.2 Å². The topological polar surface area (TPSA) is 62.5 Å². The van der Waals surface area contributed by atoms with Crippen molar-refractivity contribution < 1.29 is 9.32 Å². The number of carbonyl (C=O) groups excluding carboxylic acids is 1. The van der Waals surface area contributed by atoms with Crippen LogP contribution in [0.15, 0.2) is 52.5 Å². The third kappa shape index (κ3) is 3.25. The minimum Gasteiger partial charge on any atom is -0.355 e. The summed E-state index contributed by atoms with van der Waals surface area (Å²) in [4.78, 5) is 23.1. The van der Waals surface area contributed by atoms with Crippen molar-refractivity contribution in [2.75, 3.05) is 26.2 Å². The molecule has 0 bridgehead atoms. The van der Waals surface area contributed by atoms with Crippen molar-refractivity contribution in [3.05, 3.63) is 59.4 Å². The summed E-state index contributed by atoms with van der Waals surface area (Å²) >= 11 is 1.62. The molecule has 0 radical (unpaired) electrons. The van der Waals surface area contributed by atoms with Gasteiger partial charge in [0.15, 0.2) is 5.76 Å². The minimum atomic E-state index is -0.470. The summed E-state index contributed by atoms with van der Waals surface area (Å²) in [6, 6.07) is 12.0. The Hall–Kier alpha value is -2.51. The third-order valence-electron chi connectivity index (χ3n) is 5.70. The van der Waals surface area contributed by atoms with E-state index in [1.807, 2.05) is 52.9 Å². The highest BCUT2D eigenvalue weighted by Crippen LogP contribution is 2.50. The Kier molecular flexibility index (Phi) is 4.49. The van der Waals surface area contributed by atoms with E-state index in [2.05, 4.69) is 15.0 Å². The molecule has 7 heteroatoms. The van der Waals surface area contributed by atoms with E-state index in [1.165, 1.54) is 0 Å². The molecule has 1 aliphatic heterocycles. The summed E-state index contributed by atoms with van der Waals surface area (Å²) < 4.78 is 5.53. The van der Waals surface area contributed by atoms with E-state index >= 15 is 0 Å². The lowest BCUT2D eigenvalue weighted by molar-refractivity contribution is -0.136. The number of pyridine rings is 1. The van der Waals surface area contributed by atoms with Gasteiger partial charge in [-0.15, -0.1) is 11.3 Å². The molecule has 1 saturated carbocycles. The van der Waals surface area contributed by atoms with Crippen molar-refractivity contribution in [2.24, 2.45) is 0 Å². The molecule has 0 unspecified atom stereocenters. The third-order valence-corrected chi connectivity index (χ3v) is 6.58. The van der Waals surface area contributed by atoms with Crippen molar-refractivity contribution in [2.45, 2.75) is 24.8 Å². The first-order valence-corrected chi connectivity index (χ1v) is 10.6. The van der Waals surface area contributed by atoms with Crippen LogP contribution in [0, 0.1) is 0 Å². The predicted octanol–water partition coefficient (Wildman–Crippen LogP) is 3.17. The Morgan fingerprint density at radius 3 is 2.68 bits per heavy atom. The molecule has 3 aromatic heterocycles. The summed E-state index contributed by atoms with van der Waals surface area (Å²) in [5, 5.41) is 6.27. The van der Waals surface area contributed by atoms with E-state index in [9.17, 15) is 4.79 Å². The van der Waals surface area contributed by atoms with E-state index in [0.717, 1.165) is 67.6 Å². The maximum Gasteiger partial charge on any atom is 0.235 e. The molecule has 5 rings (SSSR count). The summed E-state index contributed by atoms with van der Waals surface area (Å²) in [5.74, 6) is 0.959. The zero-order valence-electron chi connectivity index (χ0n) is 15.6. The van der Waals surface area contributed by atoms with Crippen LogP contribution < -0.4 is 0 Å². The number of amides is 1. The Morgan fingerprint density at radius 1 is 1.14 bits per heavy atom. The number of piperazine rings is 1. The highest BCUT2D eigenvalue weighted by molar-refractivity contribution is 7.13. The van der Waals surface area contributed by atoms with Gasteiger partial charge in [-0.25, -0.2) is 0 Å². The fraction of sp³-hybridized carbons (Fsp3) is 0.381. The van der Waals surface area contributed by atoms with Gasteiger partial charge in [0.1, 0.15) is 0 Å². The Bertz CT molecular complexity index is 942. The quantitative estimate of drug-likeness (QED) is 0.665. The molecule has 144 valence electrons. The molecule has 28 heavy (non-hydrogen) atoms. The zero-order chi connectivity index (χ0) is 19.0. The largest absolute Gasteiger partial charge is 0.355 e. The SMILES string of the molecule is O=C(N1CCN(Cc2ccccn2)CC1)C1(c2cc(-c3cccs3)on2)CC1. The monoisotopic (exact) mass is 394 g/mol. The molecule has 1 aliphatic carbocycles. The van der Waals surface area contributed by atoms with E-state index in [0.29, 0.717) is 0 Å². The zero-order valence-corrected chi connectivity index (χ0v) is 16.4. The summed E-state index contributed by atoms with van der Waals surface area (Å²) in [6.07, 6.45) is 3.54. The highest BCUT2D eigenvalue weighted by atomic mass is 32.1. The second-order valence-corrected chi connectivity index (χ2v) is 8.47. The lowest BCUT2D eigenvalue weighted by Gasteiger charge is -2.36. The molecular weight excluding hydrogens is 372 g/mol. The van der Waals surface area contributed by atoms with Crippen LogP contribution in [0.2, 0.25) is 0 Å². The van der Waals surface area contributed by atoms with Gasteiger partial charge in [-0.3, -0.25) is 14.7 Å². The molecule has 2 aliphatic rings. The van der Waals surface area contributed by atoms with Gasteiger partial charge in [0.05, 0.1) is 21.7 Å². The van der Waals surface area contributed by atoms with Crippen LogP contribution in [0.3, 0.4) is 0 Å². The van der Waals surface area contributed by atoms with Crippen LogP contribution in [0.25, 0.3) is 10.6 Å². The molecule has 0 atom stereocenters. The molecule has 1 amide bonds. The van der Waals surface area contributed by atoms with E-state index in [-0.39, 0.29) is 5.91 Å². The molecule has 0 N–H and O–H groups in total. The van der Waals surface area contributed by atoms with Crippen LogP contribution in [0.5, 0.6) is 0 Å². The van der Waals surface area contributed by atoms with Gasteiger partial charge >= 0.3 is 0 Å². The Morgan fingerprint density at radius 2 is 2.00 bits per heavy atom. The van der Waals surface area contributed by atoms with Crippen molar-refractivity contribution in [1.82, 2.24) is 19.9 Å². The number of nitrogens with zero attached hydrogens (tertiary/aromatic N) is 4. The van der Waals surface area contributed by atoms with Crippen molar-refractivity contribution >= 4 is 17.2 Å². The normalized spacial score (nSPS) is 18.9. The molecule has 0 spiro atoms. The first-order chi connectivity index (χ1) is 13.7. The lowest BCUT2D eigenvalue weighted by atomic mass is 9.99. The first kappa shape index (κ1) is 17.6. The summed E-state index contributed by atoms with van der Waals surface area (Å²) in [6.45, 7) is 4.09.